The summed E-state index contributed by atoms with van der Waals surface area (Å²) in [6, 6.07) is 25.7. The Morgan fingerprint density at radius 1 is 0.392 bits per heavy atom. The van der Waals surface area contributed by atoms with Gasteiger partial charge >= 0.3 is 36.1 Å². The van der Waals surface area contributed by atoms with E-state index in [1.54, 1.807) is 24.3 Å². The molecule has 23 heteroatoms. The third-order valence-electron chi connectivity index (χ3n) is 11.4. The summed E-state index contributed by atoms with van der Waals surface area (Å²) in [5, 5.41) is 20.7. The van der Waals surface area contributed by atoms with Gasteiger partial charge in [-0.25, -0.2) is 25.3 Å². The average molecular weight is 1130 g/mol. The van der Waals surface area contributed by atoms with Gasteiger partial charge in [-0.15, -0.1) is 56.2 Å². The van der Waals surface area contributed by atoms with Crippen LogP contribution in [0.15, 0.2) is 201 Å². The van der Waals surface area contributed by atoms with E-state index in [4.69, 9.17) is 28.4 Å². The Hall–Kier alpha value is -9.45. The van der Waals surface area contributed by atoms with Gasteiger partial charge in [0.25, 0.3) is 0 Å². The molecule has 0 aliphatic rings. The smallest absolute Gasteiger partial charge is 0.331 e. The zero-order chi connectivity index (χ0) is 56.5. The molecule has 0 radical (unpaired) electrons. The summed E-state index contributed by atoms with van der Waals surface area (Å²) in [5.41, 5.74) is 1.41. The Morgan fingerprint density at radius 2 is 0.709 bits per heavy atom. The van der Waals surface area contributed by atoms with E-state index in [0.717, 1.165) is 0 Å². The van der Waals surface area contributed by atoms with Crippen LogP contribution in [0.2, 0.25) is 0 Å². The topological polar surface area (TPSA) is 276 Å². The second-order valence-corrected chi connectivity index (χ2v) is 22.4. The lowest BCUT2D eigenvalue weighted by atomic mass is 10.1. The summed E-state index contributed by atoms with van der Waals surface area (Å²) in [7, 11) is -10.2. The van der Waals surface area contributed by atoms with Crippen LogP contribution in [0.25, 0.3) is 0 Å². The van der Waals surface area contributed by atoms with Gasteiger partial charge in [0.2, 0.25) is 29.5 Å². The summed E-state index contributed by atoms with van der Waals surface area (Å²) < 4.78 is 119. The minimum absolute atomic E-state index is 0.0921. The number of phenols is 2. The van der Waals surface area contributed by atoms with Crippen molar-refractivity contribution in [3.05, 3.63) is 194 Å². The number of benzene rings is 6. The molecule has 6 aromatic carbocycles. The zero-order valence-electron chi connectivity index (χ0n) is 42.2. The molecule has 8 rings (SSSR count). The summed E-state index contributed by atoms with van der Waals surface area (Å²) in [5.74, 6) is -0.289. The van der Waals surface area contributed by atoms with Crippen LogP contribution in [-0.2, 0) is 55.2 Å². The number of ether oxygens (including phenoxy) is 6. The predicted molar refractivity (Wildman–Crippen MR) is 287 cm³/mol. The van der Waals surface area contributed by atoms with Crippen LogP contribution in [0.4, 0.5) is 0 Å². The Bertz CT molecular complexity index is 3740. The monoisotopic (exact) mass is 1120 g/mol. The second-order valence-electron chi connectivity index (χ2n) is 16.7. The van der Waals surface area contributed by atoms with Crippen molar-refractivity contribution in [3.8, 4) is 70.6 Å². The first-order valence-electron chi connectivity index (χ1n) is 23.5. The number of allylic oxidation sites excluding steroid dienone is 4. The highest BCUT2D eigenvalue weighted by atomic mass is 32.2. The number of hydrogen-bond acceptors (Lipinski definition) is 20. The number of aromatic nitrogens is 6. The molecule has 2 heterocycles. The largest absolute Gasteiger partial charge is 0.508 e. The van der Waals surface area contributed by atoms with Crippen LogP contribution >= 0.6 is 0 Å². The molecule has 0 unspecified atom stereocenters. The maximum Gasteiger partial charge on any atom is 0.331 e. The van der Waals surface area contributed by atoms with Gasteiger partial charge in [-0.3, -0.25) is 0 Å². The van der Waals surface area contributed by atoms with Gasteiger partial charge in [0, 0.05) is 0 Å². The lowest BCUT2D eigenvalue weighted by molar-refractivity contribution is 0.334. The standard InChI is InChI=1S/C56H48N6O14S3/c1-7-13-35-17-11-19-47(49(35)78(67,68)43-29-31-45(63)37(33-43)15-9-3)75-55-59-51(71-5)57-53(61-55)73-39-21-25-41(26-22-39)77(65,66)42-27-23-40(24-28-42)74-54-58-52(72-6)60-56(62-54)76-48-20-12-18-36(14-8-2)50(48)79(69,70)44-30-32-46(64)38(34-44)16-10-4/h7-12,17-34,63-64H,1-4,13-16H2,5-6H3. The van der Waals surface area contributed by atoms with Crippen molar-refractivity contribution < 1.29 is 63.9 Å². The Kier molecular flexibility index (Phi) is 16.8. The molecule has 2 N–H and O–H groups in total. The predicted octanol–water partition coefficient (Wildman–Crippen LogP) is 10.1. The minimum atomic E-state index is -4.30. The van der Waals surface area contributed by atoms with E-state index in [-0.39, 0.29) is 114 Å². The van der Waals surface area contributed by atoms with Crippen molar-refractivity contribution in [2.75, 3.05) is 14.2 Å². The molecule has 79 heavy (non-hydrogen) atoms. The molecule has 0 bridgehead atoms. The molecular weight excluding hydrogens is 1080 g/mol. The maximum absolute atomic E-state index is 14.3. The Balaban J connectivity index is 0.994. The lowest BCUT2D eigenvalue weighted by Gasteiger charge is -2.16. The molecule has 0 saturated heterocycles. The molecule has 0 aliphatic carbocycles. The van der Waals surface area contributed by atoms with Crippen molar-refractivity contribution in [3.63, 3.8) is 0 Å². The number of methoxy groups -OCH3 is 2. The van der Waals surface area contributed by atoms with Crippen LogP contribution < -0.4 is 28.4 Å². The number of phenolic OH excluding ortho intramolecular Hbond substituents is 2. The highest BCUT2D eigenvalue weighted by Gasteiger charge is 2.30. The molecule has 8 aromatic rings. The lowest BCUT2D eigenvalue weighted by Crippen LogP contribution is -2.09. The van der Waals surface area contributed by atoms with Crippen molar-refractivity contribution in [2.24, 2.45) is 0 Å². The third kappa shape index (κ3) is 12.4. The van der Waals surface area contributed by atoms with Gasteiger partial charge in [0.15, 0.2) is 0 Å². The van der Waals surface area contributed by atoms with Crippen molar-refractivity contribution in [2.45, 2.75) is 55.1 Å². The van der Waals surface area contributed by atoms with Crippen LogP contribution in [0.1, 0.15) is 22.3 Å². The van der Waals surface area contributed by atoms with Crippen molar-refractivity contribution in [1.29, 1.82) is 0 Å². The molecule has 0 saturated carbocycles. The quantitative estimate of drug-likeness (QED) is 0.0532. The number of rotatable bonds is 24. The first kappa shape index (κ1) is 55.8. The highest BCUT2D eigenvalue weighted by Crippen LogP contribution is 2.40. The highest BCUT2D eigenvalue weighted by molar-refractivity contribution is 7.92. The number of nitrogens with zero attached hydrogens (tertiary/aromatic N) is 6. The normalized spacial score (nSPS) is 11.5. The molecule has 20 nitrogen and oxygen atoms in total. The fraction of sp³-hybridized carbons (Fsp3) is 0.107. The molecule has 0 atom stereocenters. The molecule has 0 amide bonds. The summed E-state index contributed by atoms with van der Waals surface area (Å²) in [4.78, 5) is 24.1. The fourth-order valence-electron chi connectivity index (χ4n) is 7.78. The number of aromatic hydroxyl groups is 2. The van der Waals surface area contributed by atoms with Crippen LogP contribution in [0.3, 0.4) is 0 Å². The Labute approximate surface area is 455 Å². The van der Waals surface area contributed by atoms with E-state index < -0.39 is 41.5 Å². The van der Waals surface area contributed by atoms with Gasteiger partial charge in [0.1, 0.15) is 44.3 Å². The van der Waals surface area contributed by atoms with E-state index in [9.17, 15) is 35.5 Å². The van der Waals surface area contributed by atoms with E-state index in [1.165, 1.54) is 136 Å². The van der Waals surface area contributed by atoms with Gasteiger partial charge in [-0.05, 0) is 145 Å². The van der Waals surface area contributed by atoms with E-state index in [2.05, 4.69) is 56.2 Å². The average Bonchev–Trinajstić information content (AvgIpc) is 3.46. The summed E-state index contributed by atoms with van der Waals surface area (Å²) >= 11 is 0. The number of hydrogen-bond donors (Lipinski definition) is 2. The summed E-state index contributed by atoms with van der Waals surface area (Å²) in [6.07, 6.45) is 6.87. The van der Waals surface area contributed by atoms with Gasteiger partial charge in [-0.1, -0.05) is 48.6 Å². The molecule has 2 aromatic heterocycles. The third-order valence-corrected chi connectivity index (χ3v) is 17.0. The molecule has 0 spiro atoms. The molecular formula is C56H48N6O14S3. The Morgan fingerprint density at radius 3 is 1.05 bits per heavy atom. The number of sulfone groups is 3. The van der Waals surface area contributed by atoms with Crippen LogP contribution in [0, 0.1) is 0 Å². The minimum Gasteiger partial charge on any atom is -0.508 e. The van der Waals surface area contributed by atoms with Crippen LogP contribution in [0.5, 0.6) is 70.6 Å². The summed E-state index contributed by atoms with van der Waals surface area (Å²) in [6.45, 7) is 14.9. The van der Waals surface area contributed by atoms with Crippen molar-refractivity contribution in [1.82, 2.24) is 29.9 Å². The van der Waals surface area contributed by atoms with E-state index in [1.807, 2.05) is 0 Å². The van der Waals surface area contributed by atoms with Gasteiger partial charge in [-0.2, -0.15) is 0 Å². The SMILES string of the molecule is C=CCc1cc(S(=O)(=O)c2c(CC=C)cccc2Oc2nc(OC)nc(Oc3ccc(S(=O)(=O)c4ccc(Oc5nc(OC)nc(Oc6cccc(CC=C)c6S(=O)(=O)c6ccc(O)c(CC=C)c6)n5)cc4)cc3)n2)ccc1O. The maximum atomic E-state index is 14.3. The molecule has 0 fully saturated rings. The first-order chi connectivity index (χ1) is 37.9. The van der Waals surface area contributed by atoms with E-state index >= 15 is 0 Å². The molecule has 404 valence electrons. The molecule has 0 aliphatic heterocycles. The van der Waals surface area contributed by atoms with Gasteiger partial charge < -0.3 is 38.6 Å². The zero-order valence-corrected chi connectivity index (χ0v) is 44.7. The second kappa shape index (κ2) is 23.8. The first-order valence-corrected chi connectivity index (χ1v) is 27.9. The van der Waals surface area contributed by atoms with E-state index in [0.29, 0.717) is 22.3 Å². The van der Waals surface area contributed by atoms with Crippen molar-refractivity contribution >= 4 is 29.5 Å². The van der Waals surface area contributed by atoms with Crippen LogP contribution in [-0.4, -0.2) is 79.6 Å². The van der Waals surface area contributed by atoms with Gasteiger partial charge in [0.05, 0.1) is 33.8 Å². The fourth-order valence-corrected chi connectivity index (χ4v) is 12.3.